The maximum atomic E-state index is 13.1. The van der Waals surface area contributed by atoms with Crippen LogP contribution in [0.1, 0.15) is 36.3 Å². The number of ether oxygens (including phenoxy) is 1. The summed E-state index contributed by atoms with van der Waals surface area (Å²) in [6.07, 6.45) is 1.42. The number of carbonyl (C=O) groups is 1. The summed E-state index contributed by atoms with van der Waals surface area (Å²) in [5.74, 6) is -0.0793. The third kappa shape index (κ3) is 4.78. The first-order chi connectivity index (χ1) is 14.9. The number of amides is 1. The van der Waals surface area contributed by atoms with E-state index >= 15 is 0 Å². The molecule has 7 nitrogen and oxygen atoms in total. The predicted molar refractivity (Wildman–Crippen MR) is 122 cm³/mol. The number of benzene rings is 1. The average Bonchev–Trinajstić information content (AvgIpc) is 3.04. The van der Waals surface area contributed by atoms with Gasteiger partial charge in [-0.25, -0.2) is 4.98 Å². The number of fused-ring (bicyclic) bond motifs is 1. The van der Waals surface area contributed by atoms with Gasteiger partial charge in [-0.2, -0.15) is 5.10 Å². The highest BCUT2D eigenvalue weighted by atomic mass is 16.5. The van der Waals surface area contributed by atoms with Crippen molar-refractivity contribution < 1.29 is 9.53 Å². The summed E-state index contributed by atoms with van der Waals surface area (Å²) < 4.78 is 7.54. The monoisotopic (exact) mass is 421 g/mol. The Morgan fingerprint density at radius 2 is 1.90 bits per heavy atom. The van der Waals surface area contributed by atoms with Gasteiger partial charge >= 0.3 is 0 Å². The summed E-state index contributed by atoms with van der Waals surface area (Å²) in [4.78, 5) is 20.3. The Morgan fingerprint density at radius 1 is 1.19 bits per heavy atom. The van der Waals surface area contributed by atoms with E-state index in [1.807, 2.05) is 50.4 Å². The Kier molecular flexibility index (Phi) is 6.34. The minimum atomic E-state index is -0.0793. The molecule has 1 aliphatic rings. The number of morpholine rings is 1. The highest BCUT2D eigenvalue weighted by molar-refractivity contribution is 6.07. The Balaban J connectivity index is 1.49. The maximum absolute atomic E-state index is 13.1. The van der Waals surface area contributed by atoms with Crippen LogP contribution in [0.15, 0.2) is 36.4 Å². The van der Waals surface area contributed by atoms with E-state index in [1.165, 1.54) is 0 Å². The molecule has 0 aliphatic carbocycles. The fourth-order valence-electron chi connectivity index (χ4n) is 4.45. The zero-order valence-corrected chi connectivity index (χ0v) is 18.8. The molecule has 3 aromatic rings. The Hall–Kier alpha value is -2.77. The van der Waals surface area contributed by atoms with Crippen LogP contribution in [0.3, 0.4) is 0 Å². The molecule has 1 amide bonds. The first kappa shape index (κ1) is 21.5. The lowest BCUT2D eigenvalue weighted by Crippen LogP contribution is -2.46. The van der Waals surface area contributed by atoms with Crippen LogP contribution in [0, 0.1) is 6.92 Å². The normalized spacial score (nSPS) is 19.6. The summed E-state index contributed by atoms with van der Waals surface area (Å²) in [6.45, 7) is 9.61. The van der Waals surface area contributed by atoms with Crippen molar-refractivity contribution in [1.82, 2.24) is 25.0 Å². The molecule has 1 N–H and O–H groups in total. The van der Waals surface area contributed by atoms with Gasteiger partial charge in [0.1, 0.15) is 0 Å². The second-order valence-electron chi connectivity index (χ2n) is 8.46. The van der Waals surface area contributed by atoms with E-state index in [2.05, 4.69) is 29.2 Å². The van der Waals surface area contributed by atoms with E-state index in [0.29, 0.717) is 12.1 Å². The molecule has 1 aliphatic heterocycles. The van der Waals surface area contributed by atoms with E-state index < -0.39 is 0 Å². The number of hydrogen-bond donors (Lipinski definition) is 1. The third-order valence-electron chi connectivity index (χ3n) is 5.71. The molecule has 0 saturated carbocycles. The maximum Gasteiger partial charge on any atom is 0.252 e. The fraction of sp³-hybridized carbons (Fsp3) is 0.458. The molecular weight excluding hydrogens is 390 g/mol. The molecule has 164 valence electrons. The molecule has 2 atom stereocenters. The Morgan fingerprint density at radius 3 is 2.61 bits per heavy atom. The van der Waals surface area contributed by atoms with Crippen LogP contribution in [0.4, 0.5) is 0 Å². The molecule has 1 aromatic carbocycles. The van der Waals surface area contributed by atoms with Gasteiger partial charge in [-0.15, -0.1) is 0 Å². The van der Waals surface area contributed by atoms with Gasteiger partial charge < -0.3 is 10.1 Å². The van der Waals surface area contributed by atoms with Crippen molar-refractivity contribution >= 4 is 16.9 Å². The lowest BCUT2D eigenvalue weighted by molar-refractivity contribution is -0.0679. The van der Waals surface area contributed by atoms with Gasteiger partial charge in [-0.05, 0) is 33.3 Å². The van der Waals surface area contributed by atoms with E-state index in [1.54, 1.807) is 4.68 Å². The lowest BCUT2D eigenvalue weighted by Gasteiger charge is -2.35. The number of nitrogens with one attached hydrogen (secondary N) is 1. The molecule has 0 radical (unpaired) electrons. The molecular formula is C24H31N5O2. The second kappa shape index (κ2) is 9.16. The summed E-state index contributed by atoms with van der Waals surface area (Å²) in [7, 11) is 1.86. The standard InChI is InChI=1S/C24H31N5O2/c1-16-14-29(15-17(2)31-16)12-8-11-25-24(30)20-13-21(19-9-6-5-7-10-19)26-23-22(20)18(3)27-28(23)4/h5-7,9-10,13,16-17H,8,11-12,14-15H2,1-4H3,(H,25,30). The topological polar surface area (TPSA) is 72.3 Å². The van der Waals surface area contributed by atoms with Crippen molar-refractivity contribution in [1.29, 1.82) is 0 Å². The zero-order valence-electron chi connectivity index (χ0n) is 18.8. The van der Waals surface area contributed by atoms with Crippen LogP contribution in [0.25, 0.3) is 22.3 Å². The largest absolute Gasteiger partial charge is 0.373 e. The molecule has 7 heteroatoms. The predicted octanol–water partition coefficient (Wildman–Crippen LogP) is 3.17. The van der Waals surface area contributed by atoms with Crippen LogP contribution in [0.5, 0.6) is 0 Å². The van der Waals surface area contributed by atoms with E-state index in [0.717, 1.165) is 54.0 Å². The van der Waals surface area contributed by atoms with Gasteiger partial charge in [0.2, 0.25) is 0 Å². The molecule has 0 spiro atoms. The first-order valence-corrected chi connectivity index (χ1v) is 11.0. The van der Waals surface area contributed by atoms with Gasteiger partial charge in [-0.3, -0.25) is 14.4 Å². The van der Waals surface area contributed by atoms with Crippen LogP contribution >= 0.6 is 0 Å². The summed E-state index contributed by atoms with van der Waals surface area (Å²) in [5, 5.41) is 8.42. The molecule has 2 unspecified atom stereocenters. The number of carbonyl (C=O) groups excluding carboxylic acids is 1. The molecule has 4 rings (SSSR count). The third-order valence-corrected chi connectivity index (χ3v) is 5.71. The SMILES string of the molecule is Cc1nn(C)c2nc(-c3ccccc3)cc(C(=O)NCCCN3CC(C)OC(C)C3)c12. The minimum Gasteiger partial charge on any atom is -0.373 e. The van der Waals surface area contributed by atoms with Gasteiger partial charge in [0.25, 0.3) is 5.91 Å². The van der Waals surface area contributed by atoms with Crippen molar-refractivity contribution in [2.75, 3.05) is 26.2 Å². The number of aromatic nitrogens is 3. The molecule has 2 aromatic heterocycles. The van der Waals surface area contributed by atoms with Crippen molar-refractivity contribution in [3.05, 3.63) is 47.7 Å². The summed E-state index contributed by atoms with van der Waals surface area (Å²) in [5.41, 5.74) is 3.92. The molecule has 3 heterocycles. The summed E-state index contributed by atoms with van der Waals surface area (Å²) >= 11 is 0. The molecule has 0 bridgehead atoms. The van der Waals surface area contributed by atoms with Gasteiger partial charge in [0.05, 0.1) is 34.5 Å². The van der Waals surface area contributed by atoms with Crippen molar-refractivity contribution in [2.45, 2.75) is 39.4 Å². The van der Waals surface area contributed by atoms with E-state index in [-0.39, 0.29) is 18.1 Å². The fourth-order valence-corrected chi connectivity index (χ4v) is 4.45. The van der Waals surface area contributed by atoms with Crippen molar-refractivity contribution in [2.24, 2.45) is 7.05 Å². The van der Waals surface area contributed by atoms with Gasteiger partial charge in [0.15, 0.2) is 5.65 Å². The van der Waals surface area contributed by atoms with Gasteiger partial charge in [0, 0.05) is 38.8 Å². The highest BCUT2D eigenvalue weighted by Gasteiger charge is 2.22. The lowest BCUT2D eigenvalue weighted by atomic mass is 10.0. The number of aryl methyl sites for hydroxylation is 2. The number of pyridine rings is 1. The van der Waals surface area contributed by atoms with Crippen molar-refractivity contribution in [3.8, 4) is 11.3 Å². The van der Waals surface area contributed by atoms with E-state index in [9.17, 15) is 4.79 Å². The van der Waals surface area contributed by atoms with Crippen LogP contribution in [0.2, 0.25) is 0 Å². The molecule has 1 saturated heterocycles. The number of nitrogens with zero attached hydrogens (tertiary/aromatic N) is 4. The molecule has 1 fully saturated rings. The Labute approximate surface area is 183 Å². The Bertz CT molecular complexity index is 1050. The first-order valence-electron chi connectivity index (χ1n) is 11.0. The van der Waals surface area contributed by atoms with Crippen LogP contribution in [-0.2, 0) is 11.8 Å². The molecule has 31 heavy (non-hydrogen) atoms. The van der Waals surface area contributed by atoms with E-state index in [4.69, 9.17) is 9.72 Å². The number of rotatable bonds is 6. The quantitative estimate of drug-likeness (QED) is 0.619. The van der Waals surface area contributed by atoms with Crippen molar-refractivity contribution in [3.63, 3.8) is 0 Å². The van der Waals surface area contributed by atoms with Gasteiger partial charge in [-0.1, -0.05) is 30.3 Å². The second-order valence-corrected chi connectivity index (χ2v) is 8.46. The highest BCUT2D eigenvalue weighted by Crippen LogP contribution is 2.26. The number of hydrogen-bond acceptors (Lipinski definition) is 5. The smallest absolute Gasteiger partial charge is 0.252 e. The van der Waals surface area contributed by atoms with Crippen LogP contribution < -0.4 is 5.32 Å². The minimum absolute atomic E-state index is 0.0793. The van der Waals surface area contributed by atoms with Crippen LogP contribution in [-0.4, -0.2) is 64.0 Å². The summed E-state index contributed by atoms with van der Waals surface area (Å²) in [6, 6.07) is 11.8. The average molecular weight is 422 g/mol. The zero-order chi connectivity index (χ0) is 22.0.